The third kappa shape index (κ3) is 3.07. The average molecular weight is 351 g/mol. The van der Waals surface area contributed by atoms with Crippen molar-refractivity contribution in [3.63, 3.8) is 0 Å². The molecule has 1 rings (SSSR count). The number of halogens is 4. The van der Waals surface area contributed by atoms with Crippen LogP contribution >= 0.6 is 39.1 Å². The summed E-state index contributed by atoms with van der Waals surface area (Å²) in [5.41, 5.74) is 0. The van der Waals surface area contributed by atoms with Gasteiger partial charge in [0.05, 0.1) is 10.0 Å². The lowest BCUT2D eigenvalue weighted by atomic mass is 10.3. The first-order valence-corrected chi connectivity index (χ1v) is 7.45. The quantitative estimate of drug-likeness (QED) is 0.670. The molecule has 0 unspecified atom stereocenters. The van der Waals surface area contributed by atoms with Crippen LogP contribution in [0.15, 0.2) is 17.0 Å². The molecule has 1 aromatic rings. The zero-order chi connectivity index (χ0) is 12.3. The Balaban J connectivity index is 3.19. The van der Waals surface area contributed by atoms with E-state index in [0.717, 1.165) is 12.1 Å². The second-order valence-corrected chi connectivity index (χ2v) is 6.07. The summed E-state index contributed by atoms with van der Waals surface area (Å²) in [5, 5.41) is -0.279. The first-order valence-electron chi connectivity index (χ1n) is 4.09. The van der Waals surface area contributed by atoms with Crippen LogP contribution in [0.25, 0.3) is 0 Å². The minimum absolute atomic E-state index is 0.183. The fourth-order valence-electron chi connectivity index (χ4n) is 0.966. The number of hydrogen-bond donors (Lipinski definition) is 1. The highest BCUT2D eigenvalue weighted by Gasteiger charge is 2.21. The van der Waals surface area contributed by atoms with Gasteiger partial charge in [0, 0.05) is 11.9 Å². The van der Waals surface area contributed by atoms with Gasteiger partial charge >= 0.3 is 0 Å². The van der Waals surface area contributed by atoms with Gasteiger partial charge in [-0.25, -0.2) is 17.5 Å². The largest absolute Gasteiger partial charge is 0.242 e. The maximum Gasteiger partial charge on any atom is 0.242 e. The highest BCUT2D eigenvalue weighted by Crippen LogP contribution is 2.29. The summed E-state index contributed by atoms with van der Waals surface area (Å²) in [7, 11) is -3.80. The molecule has 16 heavy (non-hydrogen) atoms. The Morgan fingerprint density at radius 3 is 2.56 bits per heavy atom. The molecule has 1 N–H and O–H groups in total. The molecule has 0 amide bonds. The van der Waals surface area contributed by atoms with Crippen molar-refractivity contribution in [1.29, 1.82) is 0 Å². The second kappa shape index (κ2) is 5.64. The summed E-state index contributed by atoms with van der Waals surface area (Å²) in [6.45, 7) is 0.183. The van der Waals surface area contributed by atoms with E-state index in [4.69, 9.17) is 23.2 Å². The van der Waals surface area contributed by atoms with Crippen molar-refractivity contribution >= 4 is 49.2 Å². The summed E-state index contributed by atoms with van der Waals surface area (Å²) in [6, 6.07) is 2.30. The molecule has 0 saturated heterocycles. The number of rotatable bonds is 4. The molecule has 0 fully saturated rings. The maximum atomic E-state index is 13.3. The topological polar surface area (TPSA) is 46.2 Å². The lowest BCUT2D eigenvalue weighted by Gasteiger charge is -2.08. The standard InChI is InChI=1S/C8H7BrCl2FNO2S/c9-3-4-13-16(14,15)6-2-1-5(10)8(12)7(6)11/h1-2,13H,3-4H2. The molecule has 0 spiro atoms. The monoisotopic (exact) mass is 349 g/mol. The molecule has 3 nitrogen and oxygen atoms in total. The van der Waals surface area contributed by atoms with Crippen LogP contribution in [0.3, 0.4) is 0 Å². The summed E-state index contributed by atoms with van der Waals surface area (Å²) >= 11 is 14.1. The Morgan fingerprint density at radius 2 is 2.00 bits per heavy atom. The summed E-state index contributed by atoms with van der Waals surface area (Å²) in [6.07, 6.45) is 0. The maximum absolute atomic E-state index is 13.3. The highest BCUT2D eigenvalue weighted by molar-refractivity contribution is 9.09. The van der Waals surface area contributed by atoms with Gasteiger partial charge in [0.15, 0.2) is 5.82 Å². The van der Waals surface area contributed by atoms with Crippen molar-refractivity contribution in [2.75, 3.05) is 11.9 Å². The second-order valence-electron chi connectivity index (χ2n) is 2.76. The number of benzene rings is 1. The van der Waals surface area contributed by atoms with E-state index in [-0.39, 0.29) is 16.5 Å². The van der Waals surface area contributed by atoms with Gasteiger partial charge in [-0.05, 0) is 12.1 Å². The molecule has 90 valence electrons. The van der Waals surface area contributed by atoms with Gasteiger partial charge in [0.25, 0.3) is 0 Å². The summed E-state index contributed by atoms with van der Waals surface area (Å²) in [5.74, 6) is -0.940. The lowest BCUT2D eigenvalue weighted by Crippen LogP contribution is -2.26. The fourth-order valence-corrected chi connectivity index (χ4v) is 3.20. The van der Waals surface area contributed by atoms with Crippen LogP contribution in [0.4, 0.5) is 4.39 Å². The molecule has 0 atom stereocenters. The first kappa shape index (κ1) is 14.2. The zero-order valence-corrected chi connectivity index (χ0v) is 11.7. The number of sulfonamides is 1. The molecule has 0 aliphatic rings. The van der Waals surface area contributed by atoms with Crippen LogP contribution in [0, 0.1) is 5.82 Å². The van der Waals surface area contributed by atoms with Crippen molar-refractivity contribution < 1.29 is 12.8 Å². The van der Waals surface area contributed by atoms with Gasteiger partial charge in [-0.15, -0.1) is 0 Å². The van der Waals surface area contributed by atoms with Crippen molar-refractivity contribution in [3.8, 4) is 0 Å². The Bertz CT molecular complexity index is 495. The fraction of sp³-hybridized carbons (Fsp3) is 0.250. The molecule has 0 aliphatic carbocycles. The lowest BCUT2D eigenvalue weighted by molar-refractivity contribution is 0.580. The van der Waals surface area contributed by atoms with Crippen LogP contribution < -0.4 is 4.72 Å². The van der Waals surface area contributed by atoms with Gasteiger partial charge in [0.1, 0.15) is 4.90 Å². The zero-order valence-electron chi connectivity index (χ0n) is 7.81. The molecular weight excluding hydrogens is 344 g/mol. The van der Waals surface area contributed by atoms with Crippen LogP contribution in [0.2, 0.25) is 10.0 Å². The van der Waals surface area contributed by atoms with E-state index >= 15 is 0 Å². The Morgan fingerprint density at radius 1 is 1.38 bits per heavy atom. The Labute approximate surface area is 111 Å². The predicted molar refractivity (Wildman–Crippen MR) is 65.4 cm³/mol. The number of hydrogen-bond acceptors (Lipinski definition) is 2. The van der Waals surface area contributed by atoms with E-state index < -0.39 is 20.9 Å². The van der Waals surface area contributed by atoms with E-state index in [0.29, 0.717) is 5.33 Å². The normalized spacial score (nSPS) is 11.8. The van der Waals surface area contributed by atoms with Crippen LogP contribution in [0.1, 0.15) is 0 Å². The number of alkyl halides is 1. The predicted octanol–water partition coefficient (Wildman–Crippen LogP) is 2.81. The third-order valence-electron chi connectivity index (χ3n) is 1.68. The number of nitrogens with one attached hydrogen (secondary N) is 1. The molecule has 0 saturated carbocycles. The van der Waals surface area contributed by atoms with E-state index in [1.165, 1.54) is 0 Å². The van der Waals surface area contributed by atoms with Crippen molar-refractivity contribution in [2.45, 2.75) is 4.90 Å². The van der Waals surface area contributed by atoms with Gasteiger partial charge in [0.2, 0.25) is 10.0 Å². The molecule has 0 bridgehead atoms. The SMILES string of the molecule is O=S(=O)(NCCBr)c1ccc(Cl)c(F)c1Cl. The van der Waals surface area contributed by atoms with Gasteiger partial charge in [-0.1, -0.05) is 39.1 Å². The van der Waals surface area contributed by atoms with Gasteiger partial charge in [-0.2, -0.15) is 0 Å². The smallest absolute Gasteiger partial charge is 0.210 e. The van der Waals surface area contributed by atoms with Crippen molar-refractivity contribution in [3.05, 3.63) is 28.0 Å². The van der Waals surface area contributed by atoms with E-state index in [1.54, 1.807) is 0 Å². The molecular formula is C8H7BrCl2FNO2S. The molecule has 0 radical (unpaired) electrons. The molecule has 0 aliphatic heterocycles. The van der Waals surface area contributed by atoms with E-state index in [2.05, 4.69) is 20.7 Å². The summed E-state index contributed by atoms with van der Waals surface area (Å²) < 4.78 is 38.8. The minimum atomic E-state index is -3.80. The van der Waals surface area contributed by atoms with Crippen LogP contribution in [-0.4, -0.2) is 20.3 Å². The molecule has 1 aromatic carbocycles. The van der Waals surface area contributed by atoms with Crippen LogP contribution in [-0.2, 0) is 10.0 Å². The van der Waals surface area contributed by atoms with Crippen molar-refractivity contribution in [2.24, 2.45) is 0 Å². The summed E-state index contributed by atoms with van der Waals surface area (Å²) in [4.78, 5) is -0.322. The highest BCUT2D eigenvalue weighted by atomic mass is 79.9. The molecule has 0 heterocycles. The molecule has 0 aromatic heterocycles. The van der Waals surface area contributed by atoms with Gasteiger partial charge in [-0.3, -0.25) is 0 Å². The van der Waals surface area contributed by atoms with Crippen LogP contribution in [0.5, 0.6) is 0 Å². The first-order chi connectivity index (χ1) is 7.40. The van der Waals surface area contributed by atoms with Crippen molar-refractivity contribution in [1.82, 2.24) is 4.72 Å². The minimum Gasteiger partial charge on any atom is -0.210 e. The molecule has 8 heteroatoms. The Hall–Kier alpha value is 0.120. The Kier molecular flexibility index (Phi) is 5.00. The van der Waals surface area contributed by atoms with E-state index in [1.807, 2.05) is 0 Å². The third-order valence-corrected chi connectivity index (χ3v) is 4.35. The average Bonchev–Trinajstić information content (AvgIpc) is 2.23. The van der Waals surface area contributed by atoms with E-state index in [9.17, 15) is 12.8 Å². The van der Waals surface area contributed by atoms with Gasteiger partial charge < -0.3 is 0 Å².